The van der Waals surface area contributed by atoms with Gasteiger partial charge < -0.3 is 15.3 Å². The first-order valence-electron chi connectivity index (χ1n) is 7.14. The van der Waals surface area contributed by atoms with Crippen molar-refractivity contribution in [2.75, 3.05) is 25.5 Å². The number of nitrogens with zero attached hydrogens (tertiary/aromatic N) is 1. The zero-order chi connectivity index (χ0) is 14.4. The topological polar surface area (TPSA) is 35.5 Å². The zero-order valence-electron chi connectivity index (χ0n) is 12.9. The number of hydrogen-bond acceptors (Lipinski definition) is 3. The van der Waals surface area contributed by atoms with E-state index in [1.165, 1.54) is 0 Å². The third-order valence-corrected chi connectivity index (χ3v) is 3.36. The number of rotatable bonds is 7. The SMILES string of the molecule is CCC(NCC(C)C)C(O)c1ccc(N(C)C)cc1. The molecule has 1 aromatic carbocycles. The molecule has 0 aliphatic heterocycles. The van der Waals surface area contributed by atoms with Gasteiger partial charge in [-0.05, 0) is 36.6 Å². The van der Waals surface area contributed by atoms with Crippen molar-refractivity contribution in [3.8, 4) is 0 Å². The van der Waals surface area contributed by atoms with E-state index < -0.39 is 6.10 Å². The molecule has 1 rings (SSSR count). The summed E-state index contributed by atoms with van der Waals surface area (Å²) in [7, 11) is 4.04. The van der Waals surface area contributed by atoms with Crippen LogP contribution in [-0.4, -0.2) is 31.8 Å². The molecule has 2 N–H and O–H groups in total. The molecule has 2 atom stereocenters. The molecule has 0 aromatic heterocycles. The summed E-state index contributed by atoms with van der Waals surface area (Å²) in [4.78, 5) is 2.06. The minimum absolute atomic E-state index is 0.118. The van der Waals surface area contributed by atoms with Crippen LogP contribution < -0.4 is 10.2 Å². The van der Waals surface area contributed by atoms with Crippen molar-refractivity contribution in [3.63, 3.8) is 0 Å². The van der Waals surface area contributed by atoms with Gasteiger partial charge in [0.2, 0.25) is 0 Å². The monoisotopic (exact) mass is 264 g/mol. The van der Waals surface area contributed by atoms with Crippen molar-refractivity contribution in [1.82, 2.24) is 5.32 Å². The third kappa shape index (κ3) is 4.84. The molecule has 3 nitrogen and oxygen atoms in total. The van der Waals surface area contributed by atoms with E-state index in [9.17, 15) is 5.11 Å². The smallest absolute Gasteiger partial charge is 0.0942 e. The lowest BCUT2D eigenvalue weighted by Crippen LogP contribution is -2.36. The lowest BCUT2D eigenvalue weighted by molar-refractivity contribution is 0.124. The minimum Gasteiger partial charge on any atom is -0.387 e. The number of hydrogen-bond donors (Lipinski definition) is 2. The molecule has 2 unspecified atom stereocenters. The molecule has 0 amide bonds. The summed E-state index contributed by atoms with van der Waals surface area (Å²) in [5, 5.41) is 13.9. The Morgan fingerprint density at radius 2 is 1.74 bits per heavy atom. The maximum Gasteiger partial charge on any atom is 0.0942 e. The van der Waals surface area contributed by atoms with E-state index >= 15 is 0 Å². The second-order valence-electron chi connectivity index (χ2n) is 5.75. The van der Waals surface area contributed by atoms with Crippen LogP contribution in [0.1, 0.15) is 38.9 Å². The van der Waals surface area contributed by atoms with Gasteiger partial charge in [0.25, 0.3) is 0 Å². The molecule has 108 valence electrons. The summed E-state index contributed by atoms with van der Waals surface area (Å²) in [6.45, 7) is 7.40. The number of aliphatic hydroxyl groups excluding tert-OH is 1. The van der Waals surface area contributed by atoms with Crippen LogP contribution in [0, 0.1) is 5.92 Å². The molecule has 0 heterocycles. The zero-order valence-corrected chi connectivity index (χ0v) is 12.9. The van der Waals surface area contributed by atoms with E-state index in [2.05, 4.69) is 31.0 Å². The van der Waals surface area contributed by atoms with E-state index in [4.69, 9.17) is 0 Å². The van der Waals surface area contributed by atoms with Gasteiger partial charge in [0.15, 0.2) is 0 Å². The van der Waals surface area contributed by atoms with Crippen molar-refractivity contribution in [1.29, 1.82) is 0 Å². The first-order chi connectivity index (χ1) is 8.95. The van der Waals surface area contributed by atoms with Gasteiger partial charge in [0.1, 0.15) is 0 Å². The number of anilines is 1. The predicted octanol–water partition coefficient (Wildman–Crippen LogP) is 2.81. The quantitative estimate of drug-likeness (QED) is 0.795. The molecule has 0 saturated heterocycles. The van der Waals surface area contributed by atoms with Crippen molar-refractivity contribution < 1.29 is 5.11 Å². The van der Waals surface area contributed by atoms with E-state index in [-0.39, 0.29) is 6.04 Å². The molecule has 0 aliphatic rings. The summed E-state index contributed by atoms with van der Waals surface area (Å²) in [5.41, 5.74) is 2.13. The summed E-state index contributed by atoms with van der Waals surface area (Å²) >= 11 is 0. The average molecular weight is 264 g/mol. The van der Waals surface area contributed by atoms with Crippen molar-refractivity contribution in [2.45, 2.75) is 39.3 Å². The van der Waals surface area contributed by atoms with Crippen LogP contribution in [0.5, 0.6) is 0 Å². The molecular weight excluding hydrogens is 236 g/mol. The van der Waals surface area contributed by atoms with Crippen LogP contribution in [0.4, 0.5) is 5.69 Å². The lowest BCUT2D eigenvalue weighted by atomic mass is 9.99. The van der Waals surface area contributed by atoms with Crippen LogP contribution >= 0.6 is 0 Å². The van der Waals surface area contributed by atoms with Crippen molar-refractivity contribution in [3.05, 3.63) is 29.8 Å². The van der Waals surface area contributed by atoms with Gasteiger partial charge in [-0.2, -0.15) is 0 Å². The standard InChI is InChI=1S/C16H28N2O/c1-6-15(17-11-12(2)3)16(19)13-7-9-14(10-8-13)18(4)5/h7-10,12,15-17,19H,6,11H2,1-5H3. The largest absolute Gasteiger partial charge is 0.387 e. The van der Waals surface area contributed by atoms with Crippen LogP contribution in [0.2, 0.25) is 0 Å². The molecule has 19 heavy (non-hydrogen) atoms. The Hall–Kier alpha value is -1.06. The fourth-order valence-electron chi connectivity index (χ4n) is 2.07. The lowest BCUT2D eigenvalue weighted by Gasteiger charge is -2.25. The Morgan fingerprint density at radius 3 is 2.16 bits per heavy atom. The number of nitrogens with one attached hydrogen (secondary N) is 1. The van der Waals surface area contributed by atoms with Gasteiger partial charge >= 0.3 is 0 Å². The second kappa shape index (κ2) is 7.51. The molecule has 0 bridgehead atoms. The maximum absolute atomic E-state index is 10.4. The molecule has 1 aromatic rings. The normalized spacial score (nSPS) is 14.5. The fourth-order valence-corrected chi connectivity index (χ4v) is 2.07. The van der Waals surface area contributed by atoms with Gasteiger partial charge in [-0.1, -0.05) is 32.9 Å². The summed E-state index contributed by atoms with van der Waals surface area (Å²) in [5.74, 6) is 0.595. The first-order valence-corrected chi connectivity index (χ1v) is 7.14. The Bertz CT molecular complexity index is 360. The molecule has 0 radical (unpaired) electrons. The highest BCUT2D eigenvalue weighted by Gasteiger charge is 2.18. The Kier molecular flexibility index (Phi) is 6.32. The van der Waals surface area contributed by atoms with Crippen LogP contribution in [0.3, 0.4) is 0 Å². The minimum atomic E-state index is -0.444. The van der Waals surface area contributed by atoms with Gasteiger partial charge in [-0.15, -0.1) is 0 Å². The van der Waals surface area contributed by atoms with Gasteiger partial charge in [0, 0.05) is 25.8 Å². The number of benzene rings is 1. The highest BCUT2D eigenvalue weighted by molar-refractivity contribution is 5.46. The molecule has 0 aliphatic carbocycles. The molecule has 0 fully saturated rings. The van der Waals surface area contributed by atoms with Crippen LogP contribution in [-0.2, 0) is 0 Å². The number of aliphatic hydroxyl groups is 1. The summed E-state index contributed by atoms with van der Waals surface area (Å²) in [6.07, 6.45) is 0.475. The Labute approximate surface area is 117 Å². The fraction of sp³-hybridized carbons (Fsp3) is 0.625. The van der Waals surface area contributed by atoms with Crippen LogP contribution in [0.25, 0.3) is 0 Å². The van der Waals surface area contributed by atoms with E-state index in [0.29, 0.717) is 5.92 Å². The highest BCUT2D eigenvalue weighted by atomic mass is 16.3. The van der Waals surface area contributed by atoms with Gasteiger partial charge in [-0.25, -0.2) is 0 Å². The predicted molar refractivity (Wildman–Crippen MR) is 82.6 cm³/mol. The first kappa shape index (κ1) is 16.0. The summed E-state index contributed by atoms with van der Waals surface area (Å²) < 4.78 is 0. The Morgan fingerprint density at radius 1 is 1.16 bits per heavy atom. The van der Waals surface area contributed by atoms with Gasteiger partial charge in [0.05, 0.1) is 6.10 Å². The average Bonchev–Trinajstić information content (AvgIpc) is 2.39. The molecule has 0 spiro atoms. The molecular formula is C16H28N2O. The third-order valence-electron chi connectivity index (χ3n) is 3.36. The van der Waals surface area contributed by atoms with E-state index in [0.717, 1.165) is 24.2 Å². The summed E-state index contributed by atoms with van der Waals surface area (Å²) in [6, 6.07) is 8.24. The maximum atomic E-state index is 10.4. The molecule has 3 heteroatoms. The van der Waals surface area contributed by atoms with Crippen molar-refractivity contribution >= 4 is 5.69 Å². The van der Waals surface area contributed by atoms with E-state index in [1.54, 1.807) is 0 Å². The van der Waals surface area contributed by atoms with Crippen LogP contribution in [0.15, 0.2) is 24.3 Å². The second-order valence-corrected chi connectivity index (χ2v) is 5.75. The molecule has 0 saturated carbocycles. The van der Waals surface area contributed by atoms with Crippen molar-refractivity contribution in [2.24, 2.45) is 5.92 Å². The highest BCUT2D eigenvalue weighted by Crippen LogP contribution is 2.22. The Balaban J connectivity index is 2.70. The van der Waals surface area contributed by atoms with E-state index in [1.807, 2.05) is 38.4 Å². The van der Waals surface area contributed by atoms with Gasteiger partial charge in [-0.3, -0.25) is 0 Å².